The lowest BCUT2D eigenvalue weighted by Gasteiger charge is -2.37. The van der Waals surface area contributed by atoms with Gasteiger partial charge in [0, 0.05) is 11.6 Å². The fraction of sp³-hybridized carbons (Fsp3) is 0.290. The minimum atomic E-state index is -0.364. The minimum absolute atomic E-state index is 0.138. The van der Waals surface area contributed by atoms with Crippen molar-refractivity contribution in [1.29, 1.82) is 0 Å². The maximum absolute atomic E-state index is 13.6. The third-order valence-corrected chi connectivity index (χ3v) is 7.74. The van der Waals surface area contributed by atoms with Gasteiger partial charge >= 0.3 is 0 Å². The molecule has 198 valence electrons. The zero-order valence-corrected chi connectivity index (χ0v) is 22.0. The van der Waals surface area contributed by atoms with E-state index in [4.69, 9.17) is 4.74 Å². The molecule has 0 saturated carbocycles. The van der Waals surface area contributed by atoms with Gasteiger partial charge in [-0.15, -0.1) is 5.10 Å². The van der Waals surface area contributed by atoms with Crippen LogP contribution in [0.25, 0.3) is 10.9 Å². The van der Waals surface area contributed by atoms with Crippen LogP contribution in [-0.2, 0) is 13.0 Å². The molecule has 6 rings (SSSR count). The predicted octanol–water partition coefficient (Wildman–Crippen LogP) is 4.62. The third kappa shape index (κ3) is 5.47. The standard InChI is InChI=1S/C31H32N6O2/c1-39-26-13-12-25-19-27(31(38)32-28(25)20-26)29(30-33-34-35-37(30)21-24-10-6-3-7-11-24)36-16-14-23(15-17-36)18-22-8-4-2-5-9-22/h2-13,19-20,23,29H,14-18,21H2,1H3,(H,32,38). The molecule has 3 heterocycles. The number of piperidine rings is 1. The van der Waals surface area contributed by atoms with Gasteiger partial charge in [0.15, 0.2) is 5.82 Å². The van der Waals surface area contributed by atoms with Crippen LogP contribution in [0.4, 0.5) is 0 Å². The number of methoxy groups -OCH3 is 1. The monoisotopic (exact) mass is 520 g/mol. The van der Waals surface area contributed by atoms with Crippen LogP contribution < -0.4 is 10.3 Å². The van der Waals surface area contributed by atoms with Crippen molar-refractivity contribution >= 4 is 10.9 Å². The number of H-pyrrole nitrogens is 1. The molecule has 1 unspecified atom stereocenters. The van der Waals surface area contributed by atoms with Crippen LogP contribution in [0.15, 0.2) is 89.7 Å². The molecule has 2 aromatic heterocycles. The van der Waals surface area contributed by atoms with Crippen molar-refractivity contribution in [3.8, 4) is 5.75 Å². The summed E-state index contributed by atoms with van der Waals surface area (Å²) < 4.78 is 7.19. The van der Waals surface area contributed by atoms with Gasteiger partial charge in [0.25, 0.3) is 5.56 Å². The van der Waals surface area contributed by atoms with Crippen LogP contribution in [0.5, 0.6) is 5.75 Å². The van der Waals surface area contributed by atoms with E-state index in [9.17, 15) is 4.79 Å². The molecule has 1 fully saturated rings. The van der Waals surface area contributed by atoms with Gasteiger partial charge in [-0.3, -0.25) is 9.69 Å². The van der Waals surface area contributed by atoms with Gasteiger partial charge in [0.05, 0.1) is 19.2 Å². The van der Waals surface area contributed by atoms with E-state index in [0.29, 0.717) is 29.6 Å². The number of rotatable bonds is 8. The fourth-order valence-corrected chi connectivity index (χ4v) is 5.67. The highest BCUT2D eigenvalue weighted by Gasteiger charge is 2.33. The van der Waals surface area contributed by atoms with E-state index in [-0.39, 0.29) is 11.6 Å². The molecule has 0 spiro atoms. The Morgan fingerprint density at radius 2 is 1.67 bits per heavy atom. The van der Waals surface area contributed by atoms with Crippen molar-refractivity contribution in [3.63, 3.8) is 0 Å². The number of hydrogen-bond donors (Lipinski definition) is 1. The smallest absolute Gasteiger partial charge is 0.253 e. The number of tetrazole rings is 1. The summed E-state index contributed by atoms with van der Waals surface area (Å²) in [6.07, 6.45) is 3.17. The maximum Gasteiger partial charge on any atom is 0.253 e. The van der Waals surface area contributed by atoms with E-state index in [0.717, 1.165) is 48.8 Å². The molecular formula is C31H32N6O2. The molecule has 1 saturated heterocycles. The molecule has 0 bridgehead atoms. The molecule has 1 atom stereocenters. The van der Waals surface area contributed by atoms with Gasteiger partial charge in [-0.05, 0) is 83.4 Å². The number of hydrogen-bond acceptors (Lipinski definition) is 6. The lowest BCUT2D eigenvalue weighted by molar-refractivity contribution is 0.143. The first-order valence-corrected chi connectivity index (χ1v) is 13.5. The topological polar surface area (TPSA) is 88.9 Å². The van der Waals surface area contributed by atoms with Gasteiger partial charge < -0.3 is 9.72 Å². The number of pyridine rings is 1. The van der Waals surface area contributed by atoms with E-state index in [1.807, 2.05) is 47.1 Å². The number of ether oxygens (including phenoxy) is 1. The molecule has 0 radical (unpaired) electrons. The zero-order valence-electron chi connectivity index (χ0n) is 22.0. The van der Waals surface area contributed by atoms with E-state index < -0.39 is 0 Å². The van der Waals surface area contributed by atoms with Crippen LogP contribution in [0.2, 0.25) is 0 Å². The van der Waals surface area contributed by atoms with E-state index >= 15 is 0 Å². The Kier molecular flexibility index (Phi) is 7.19. The highest BCUT2D eigenvalue weighted by molar-refractivity contribution is 5.80. The van der Waals surface area contributed by atoms with Crippen LogP contribution in [-0.4, -0.2) is 50.3 Å². The molecule has 5 aromatic rings. The Morgan fingerprint density at radius 1 is 0.949 bits per heavy atom. The van der Waals surface area contributed by atoms with Crippen LogP contribution in [0, 0.1) is 5.92 Å². The number of benzene rings is 3. The first-order chi connectivity index (χ1) is 19.2. The summed E-state index contributed by atoms with van der Waals surface area (Å²) in [5.74, 6) is 1.99. The summed E-state index contributed by atoms with van der Waals surface area (Å²) in [4.78, 5) is 19.0. The summed E-state index contributed by atoms with van der Waals surface area (Å²) in [7, 11) is 1.62. The average Bonchev–Trinajstić information content (AvgIpc) is 3.42. The number of nitrogens with zero attached hydrogens (tertiary/aromatic N) is 5. The Hall–Kier alpha value is -4.30. The number of aromatic nitrogens is 5. The van der Waals surface area contributed by atoms with Crippen molar-refractivity contribution in [1.82, 2.24) is 30.1 Å². The number of nitrogens with one attached hydrogen (secondary N) is 1. The highest BCUT2D eigenvalue weighted by atomic mass is 16.5. The molecule has 1 aliphatic heterocycles. The van der Waals surface area contributed by atoms with Gasteiger partial charge in [-0.25, -0.2) is 4.68 Å². The normalized spacial score (nSPS) is 15.4. The summed E-state index contributed by atoms with van der Waals surface area (Å²) in [5.41, 5.74) is 3.73. The van der Waals surface area contributed by atoms with Crippen LogP contribution in [0.1, 0.15) is 41.4 Å². The van der Waals surface area contributed by atoms with Crippen LogP contribution in [0.3, 0.4) is 0 Å². The second-order valence-electron chi connectivity index (χ2n) is 10.3. The largest absolute Gasteiger partial charge is 0.497 e. The first-order valence-electron chi connectivity index (χ1n) is 13.5. The zero-order chi connectivity index (χ0) is 26.6. The van der Waals surface area contributed by atoms with Gasteiger partial charge in [-0.2, -0.15) is 0 Å². The van der Waals surface area contributed by atoms with E-state index in [2.05, 4.69) is 67.9 Å². The summed E-state index contributed by atoms with van der Waals surface area (Å²) >= 11 is 0. The maximum atomic E-state index is 13.6. The lowest BCUT2D eigenvalue weighted by Crippen LogP contribution is -2.41. The number of likely N-dealkylation sites (tertiary alicyclic amines) is 1. The van der Waals surface area contributed by atoms with E-state index in [1.165, 1.54) is 5.56 Å². The van der Waals surface area contributed by atoms with Gasteiger partial charge in [0.2, 0.25) is 0 Å². The predicted molar refractivity (Wildman–Crippen MR) is 151 cm³/mol. The SMILES string of the molecule is COc1ccc2cc(C(c3nnnn3Cc3ccccc3)N3CCC(Cc4ccccc4)CC3)c(=O)[nH]c2c1. The van der Waals surface area contributed by atoms with Gasteiger partial charge in [0.1, 0.15) is 11.8 Å². The van der Waals surface area contributed by atoms with Crippen molar-refractivity contribution in [3.05, 3.63) is 118 Å². The Bertz CT molecular complexity index is 1590. The fourth-order valence-electron chi connectivity index (χ4n) is 5.67. The molecule has 39 heavy (non-hydrogen) atoms. The molecule has 0 amide bonds. The Balaban J connectivity index is 1.35. The molecule has 0 aliphatic carbocycles. The van der Waals surface area contributed by atoms with Crippen molar-refractivity contribution in [2.24, 2.45) is 5.92 Å². The summed E-state index contributed by atoms with van der Waals surface area (Å²) in [6, 6.07) is 28.2. The lowest BCUT2D eigenvalue weighted by atomic mass is 9.89. The molecule has 1 aliphatic rings. The Labute approximate surface area is 227 Å². The molecule has 8 nitrogen and oxygen atoms in total. The summed E-state index contributed by atoms with van der Waals surface area (Å²) in [5, 5.41) is 13.8. The second-order valence-corrected chi connectivity index (χ2v) is 10.3. The second kappa shape index (κ2) is 11.2. The molecular weight excluding hydrogens is 488 g/mol. The minimum Gasteiger partial charge on any atom is -0.497 e. The first kappa shape index (κ1) is 25.0. The number of fused-ring (bicyclic) bond motifs is 1. The highest BCUT2D eigenvalue weighted by Crippen LogP contribution is 2.32. The van der Waals surface area contributed by atoms with Crippen molar-refractivity contribution in [2.45, 2.75) is 31.8 Å². The van der Waals surface area contributed by atoms with E-state index in [1.54, 1.807) is 7.11 Å². The average molecular weight is 521 g/mol. The quantitative estimate of drug-likeness (QED) is 0.321. The van der Waals surface area contributed by atoms with Crippen molar-refractivity contribution < 1.29 is 4.74 Å². The van der Waals surface area contributed by atoms with Crippen LogP contribution >= 0.6 is 0 Å². The molecule has 1 N–H and O–H groups in total. The molecule has 8 heteroatoms. The molecule has 3 aromatic carbocycles. The number of aromatic amines is 1. The third-order valence-electron chi connectivity index (χ3n) is 7.74. The Morgan fingerprint density at radius 3 is 2.38 bits per heavy atom. The van der Waals surface area contributed by atoms with Gasteiger partial charge in [-0.1, -0.05) is 60.7 Å². The van der Waals surface area contributed by atoms with Crippen molar-refractivity contribution in [2.75, 3.05) is 20.2 Å². The summed E-state index contributed by atoms with van der Waals surface area (Å²) in [6.45, 7) is 2.26.